The molecule has 1 aromatic carbocycles. The van der Waals surface area contributed by atoms with Gasteiger partial charge in [-0.1, -0.05) is 13.8 Å². The molecule has 3 amide bonds. The number of amides is 3. The molecule has 6 heteroatoms. The zero-order valence-corrected chi connectivity index (χ0v) is 13.0. The van der Waals surface area contributed by atoms with Crippen molar-refractivity contribution in [2.45, 2.75) is 39.3 Å². The van der Waals surface area contributed by atoms with Crippen LogP contribution in [0.1, 0.15) is 42.6 Å². The van der Waals surface area contributed by atoms with E-state index in [1.807, 2.05) is 13.8 Å². The van der Waals surface area contributed by atoms with Gasteiger partial charge in [0.15, 0.2) is 0 Å². The number of fused-ring (bicyclic) bond motifs is 1. The van der Waals surface area contributed by atoms with E-state index in [9.17, 15) is 14.4 Å². The molecule has 0 radical (unpaired) electrons. The number of carbonyl (C=O) groups is 3. The fraction of sp³-hybridized carbons (Fsp3) is 0.438. The molecule has 1 aromatic rings. The molecule has 118 valence electrons. The van der Waals surface area contributed by atoms with Gasteiger partial charge in [-0.25, -0.2) is 0 Å². The molecular weight excluding hydrogens is 284 g/mol. The Labute approximate surface area is 129 Å². The lowest BCUT2D eigenvalue weighted by molar-refractivity contribution is -0.136. The maximum absolute atomic E-state index is 12.3. The maximum atomic E-state index is 12.3. The van der Waals surface area contributed by atoms with Crippen molar-refractivity contribution in [1.82, 2.24) is 10.2 Å². The van der Waals surface area contributed by atoms with E-state index in [4.69, 9.17) is 4.74 Å². The molecule has 0 bridgehead atoms. The van der Waals surface area contributed by atoms with Gasteiger partial charge in [0, 0.05) is 18.5 Å². The fourth-order valence-electron chi connectivity index (χ4n) is 2.68. The molecule has 1 unspecified atom stereocenters. The van der Waals surface area contributed by atoms with Crippen LogP contribution in [0.5, 0.6) is 5.75 Å². The van der Waals surface area contributed by atoms with Crippen molar-refractivity contribution in [3.63, 3.8) is 0 Å². The Morgan fingerprint density at radius 1 is 1.23 bits per heavy atom. The van der Waals surface area contributed by atoms with Crippen molar-refractivity contribution in [3.8, 4) is 5.75 Å². The fourth-order valence-corrected chi connectivity index (χ4v) is 2.68. The van der Waals surface area contributed by atoms with Crippen molar-refractivity contribution < 1.29 is 19.1 Å². The SMILES string of the molecule is CC.COc1ccc2c(c1)CN(C1CCC(=O)NC1=O)C2=O. The summed E-state index contributed by atoms with van der Waals surface area (Å²) < 4.78 is 5.14. The van der Waals surface area contributed by atoms with Crippen LogP contribution >= 0.6 is 0 Å². The number of nitrogens with zero attached hydrogens (tertiary/aromatic N) is 1. The molecule has 2 aliphatic heterocycles. The third-order valence-corrected chi connectivity index (χ3v) is 3.73. The van der Waals surface area contributed by atoms with Gasteiger partial charge in [-0.15, -0.1) is 0 Å². The highest BCUT2D eigenvalue weighted by Gasteiger charge is 2.39. The molecular formula is C16H20N2O4. The Morgan fingerprint density at radius 3 is 2.59 bits per heavy atom. The van der Waals surface area contributed by atoms with E-state index in [2.05, 4.69) is 5.32 Å². The molecule has 1 atom stereocenters. The number of rotatable bonds is 2. The Bertz CT molecular complexity index is 612. The Kier molecular flexibility index (Phi) is 4.80. The van der Waals surface area contributed by atoms with E-state index in [0.29, 0.717) is 24.3 Å². The summed E-state index contributed by atoms with van der Waals surface area (Å²) >= 11 is 0. The number of ether oxygens (including phenoxy) is 1. The van der Waals surface area contributed by atoms with Gasteiger partial charge in [0.25, 0.3) is 5.91 Å². The average molecular weight is 304 g/mol. The molecule has 1 fully saturated rings. The third-order valence-electron chi connectivity index (χ3n) is 3.73. The van der Waals surface area contributed by atoms with Crippen molar-refractivity contribution >= 4 is 17.7 Å². The molecule has 3 rings (SSSR count). The van der Waals surface area contributed by atoms with Crippen LogP contribution in [-0.4, -0.2) is 35.8 Å². The normalized spacial score (nSPS) is 20.0. The zero-order valence-electron chi connectivity index (χ0n) is 13.0. The monoisotopic (exact) mass is 304 g/mol. The van der Waals surface area contributed by atoms with Gasteiger partial charge in [0.2, 0.25) is 11.8 Å². The minimum absolute atomic E-state index is 0.169. The second kappa shape index (κ2) is 6.60. The van der Waals surface area contributed by atoms with E-state index in [1.54, 1.807) is 25.3 Å². The molecule has 1 saturated heterocycles. The molecule has 1 N–H and O–H groups in total. The van der Waals surface area contributed by atoms with Crippen molar-refractivity contribution in [2.24, 2.45) is 0 Å². The number of methoxy groups -OCH3 is 1. The van der Waals surface area contributed by atoms with Crippen LogP contribution in [0.25, 0.3) is 0 Å². The van der Waals surface area contributed by atoms with E-state index >= 15 is 0 Å². The number of carbonyl (C=O) groups excluding carboxylic acids is 3. The van der Waals surface area contributed by atoms with Crippen LogP contribution in [0.15, 0.2) is 18.2 Å². The van der Waals surface area contributed by atoms with Crippen LogP contribution < -0.4 is 10.1 Å². The van der Waals surface area contributed by atoms with Crippen LogP contribution in [-0.2, 0) is 16.1 Å². The summed E-state index contributed by atoms with van der Waals surface area (Å²) in [7, 11) is 1.57. The predicted molar refractivity (Wildman–Crippen MR) is 80.4 cm³/mol. The van der Waals surface area contributed by atoms with Crippen LogP contribution in [0.3, 0.4) is 0 Å². The highest BCUT2D eigenvalue weighted by molar-refractivity contribution is 6.05. The largest absolute Gasteiger partial charge is 0.497 e. The molecule has 0 spiro atoms. The first-order valence-corrected chi connectivity index (χ1v) is 7.41. The lowest BCUT2D eigenvalue weighted by Crippen LogP contribution is -2.52. The van der Waals surface area contributed by atoms with Crippen LogP contribution in [0, 0.1) is 0 Å². The van der Waals surface area contributed by atoms with Gasteiger partial charge in [0.1, 0.15) is 11.8 Å². The van der Waals surface area contributed by atoms with Crippen molar-refractivity contribution in [2.75, 3.05) is 7.11 Å². The van der Waals surface area contributed by atoms with Crippen LogP contribution in [0.4, 0.5) is 0 Å². The number of nitrogens with one attached hydrogen (secondary N) is 1. The van der Waals surface area contributed by atoms with Gasteiger partial charge in [-0.2, -0.15) is 0 Å². The second-order valence-corrected chi connectivity index (χ2v) is 4.92. The average Bonchev–Trinajstić information content (AvgIpc) is 2.85. The van der Waals surface area contributed by atoms with Gasteiger partial charge in [0.05, 0.1) is 7.11 Å². The Hall–Kier alpha value is -2.37. The minimum atomic E-state index is -0.571. The lowest BCUT2D eigenvalue weighted by atomic mass is 10.0. The first-order chi connectivity index (χ1) is 10.6. The van der Waals surface area contributed by atoms with Crippen molar-refractivity contribution in [1.29, 1.82) is 0 Å². The standard InChI is InChI=1S/C14H14N2O4.C2H6/c1-20-9-2-3-10-8(6-9)7-16(14(10)19)11-4-5-12(17)15-13(11)18;1-2/h2-3,6,11H,4-5,7H2,1H3,(H,15,17,18);1-2H3. The van der Waals surface area contributed by atoms with E-state index in [-0.39, 0.29) is 18.2 Å². The summed E-state index contributed by atoms with van der Waals surface area (Å²) in [5.41, 5.74) is 1.44. The van der Waals surface area contributed by atoms with Gasteiger partial charge < -0.3 is 9.64 Å². The quantitative estimate of drug-likeness (QED) is 0.840. The Balaban J connectivity index is 0.000000847. The summed E-state index contributed by atoms with van der Waals surface area (Å²) in [6.45, 7) is 4.37. The van der Waals surface area contributed by atoms with Crippen molar-refractivity contribution in [3.05, 3.63) is 29.3 Å². The summed E-state index contributed by atoms with van der Waals surface area (Å²) in [6, 6.07) is 4.67. The second-order valence-electron chi connectivity index (χ2n) is 4.92. The number of piperidine rings is 1. The highest BCUT2D eigenvalue weighted by atomic mass is 16.5. The molecule has 0 saturated carbocycles. The third kappa shape index (κ3) is 2.81. The number of benzene rings is 1. The van der Waals surface area contributed by atoms with Crippen LogP contribution in [0.2, 0.25) is 0 Å². The summed E-state index contributed by atoms with van der Waals surface area (Å²) in [4.78, 5) is 36.9. The summed E-state index contributed by atoms with van der Waals surface area (Å²) in [5.74, 6) is -0.162. The molecule has 0 aliphatic carbocycles. The first-order valence-electron chi connectivity index (χ1n) is 7.41. The van der Waals surface area contributed by atoms with E-state index in [1.165, 1.54) is 4.90 Å². The van der Waals surface area contributed by atoms with Gasteiger partial charge >= 0.3 is 0 Å². The van der Waals surface area contributed by atoms with E-state index in [0.717, 1.165) is 5.56 Å². The molecule has 22 heavy (non-hydrogen) atoms. The minimum Gasteiger partial charge on any atom is -0.497 e. The number of hydrogen-bond donors (Lipinski definition) is 1. The molecule has 2 heterocycles. The van der Waals surface area contributed by atoms with Gasteiger partial charge in [-0.05, 0) is 30.2 Å². The highest BCUT2D eigenvalue weighted by Crippen LogP contribution is 2.29. The number of imide groups is 1. The predicted octanol–water partition coefficient (Wildman–Crippen LogP) is 1.48. The summed E-state index contributed by atoms with van der Waals surface area (Å²) in [6.07, 6.45) is 0.640. The molecule has 6 nitrogen and oxygen atoms in total. The van der Waals surface area contributed by atoms with E-state index < -0.39 is 11.9 Å². The zero-order chi connectivity index (χ0) is 16.3. The molecule has 2 aliphatic rings. The molecule has 0 aromatic heterocycles. The summed E-state index contributed by atoms with van der Waals surface area (Å²) in [5, 5.41) is 2.28. The van der Waals surface area contributed by atoms with Gasteiger partial charge in [-0.3, -0.25) is 19.7 Å². The maximum Gasteiger partial charge on any atom is 0.255 e. The first kappa shape index (κ1) is 16.0. The lowest BCUT2D eigenvalue weighted by Gasteiger charge is -2.29. The smallest absolute Gasteiger partial charge is 0.255 e. The number of hydrogen-bond acceptors (Lipinski definition) is 4. The topological polar surface area (TPSA) is 75.7 Å². The Morgan fingerprint density at radius 2 is 1.95 bits per heavy atom.